The van der Waals surface area contributed by atoms with Gasteiger partial charge < -0.3 is 14.9 Å². The van der Waals surface area contributed by atoms with E-state index in [1.807, 2.05) is 6.07 Å². The van der Waals surface area contributed by atoms with Crippen molar-refractivity contribution >= 4 is 23.8 Å². The van der Waals surface area contributed by atoms with Gasteiger partial charge in [0.1, 0.15) is 18.4 Å². The van der Waals surface area contributed by atoms with Crippen LogP contribution in [0.3, 0.4) is 0 Å². The van der Waals surface area contributed by atoms with Gasteiger partial charge in [0.2, 0.25) is 0 Å². The van der Waals surface area contributed by atoms with E-state index in [4.69, 9.17) is 4.74 Å². The van der Waals surface area contributed by atoms with Crippen LogP contribution in [0, 0.1) is 11.8 Å². The van der Waals surface area contributed by atoms with Gasteiger partial charge in [0.05, 0.1) is 12.1 Å². The van der Waals surface area contributed by atoms with Crippen LogP contribution in [-0.4, -0.2) is 51.0 Å². The second kappa shape index (κ2) is 6.54. The van der Waals surface area contributed by atoms with Crippen molar-refractivity contribution in [2.75, 3.05) is 0 Å². The van der Waals surface area contributed by atoms with Gasteiger partial charge in [-0.2, -0.15) is 0 Å². The Morgan fingerprint density at radius 3 is 2.00 bits per heavy atom. The summed E-state index contributed by atoms with van der Waals surface area (Å²) in [6.45, 7) is -0.0148. The summed E-state index contributed by atoms with van der Waals surface area (Å²) in [5.74, 6) is -6.75. The minimum absolute atomic E-state index is 0.0148. The Bertz CT molecular complexity index is 685. The van der Waals surface area contributed by atoms with Gasteiger partial charge in [0.25, 0.3) is 0 Å². The molecule has 2 aliphatic heterocycles. The molecule has 0 aliphatic carbocycles. The number of benzene rings is 1. The number of hydrogen-bond donors (Lipinski definition) is 2. The van der Waals surface area contributed by atoms with E-state index in [1.54, 1.807) is 24.3 Å². The van der Waals surface area contributed by atoms with Crippen LogP contribution in [0.4, 0.5) is 4.79 Å². The summed E-state index contributed by atoms with van der Waals surface area (Å²) in [6, 6.07) is 7.18. The van der Waals surface area contributed by atoms with E-state index in [-0.39, 0.29) is 19.4 Å². The van der Waals surface area contributed by atoms with Crippen LogP contribution < -0.4 is 0 Å². The zero-order chi connectivity index (χ0) is 18.1. The maximum absolute atomic E-state index is 12.5. The highest BCUT2D eigenvalue weighted by molar-refractivity contribution is 6.10. The normalized spacial score (nSPS) is 27.8. The molecule has 2 N–H and O–H groups in total. The quantitative estimate of drug-likeness (QED) is 0.783. The van der Waals surface area contributed by atoms with Crippen molar-refractivity contribution in [2.45, 2.75) is 31.5 Å². The number of carboxylic acid groups (broad SMARTS) is 2. The van der Waals surface area contributed by atoms with Crippen LogP contribution in [0.2, 0.25) is 0 Å². The van der Waals surface area contributed by atoms with Gasteiger partial charge in [-0.25, -0.2) is 4.79 Å². The second-order valence-corrected chi connectivity index (χ2v) is 6.19. The number of carboxylic acids is 2. The van der Waals surface area contributed by atoms with Gasteiger partial charge in [-0.1, -0.05) is 30.3 Å². The number of nitrogens with zero attached hydrogens (tertiary/aromatic N) is 1. The first kappa shape index (κ1) is 16.9. The number of ketones is 1. The standard InChI is InChI=1S/C17H17NO7/c19-14-12(15(20)21)10-6-7-11(13(14)16(22)23)18(10)17(24)25-8-9-4-2-1-3-5-9/h1-5,10-13H,6-8H2,(H,20,21)(H,22,23). The SMILES string of the molecule is O=C(O)C1C(=O)C(C(=O)O)C2CCC1N2C(=O)OCc1ccccc1. The molecule has 4 unspecified atom stereocenters. The van der Waals surface area contributed by atoms with Crippen molar-refractivity contribution in [1.29, 1.82) is 0 Å². The Balaban J connectivity index is 1.82. The number of amides is 1. The van der Waals surface area contributed by atoms with E-state index < -0.39 is 47.7 Å². The van der Waals surface area contributed by atoms with Gasteiger partial charge >= 0.3 is 18.0 Å². The highest BCUT2D eigenvalue weighted by atomic mass is 16.6. The first-order chi connectivity index (χ1) is 11.9. The number of piperidine rings is 1. The van der Waals surface area contributed by atoms with Crippen LogP contribution >= 0.6 is 0 Å². The summed E-state index contributed by atoms with van der Waals surface area (Å²) in [6.07, 6.45) is -0.267. The topological polar surface area (TPSA) is 121 Å². The van der Waals surface area contributed by atoms with Crippen molar-refractivity contribution in [3.05, 3.63) is 35.9 Å². The number of hydrogen-bond acceptors (Lipinski definition) is 5. The lowest BCUT2D eigenvalue weighted by molar-refractivity contribution is -0.159. The number of rotatable bonds is 4. The number of ether oxygens (including phenoxy) is 1. The molecular weight excluding hydrogens is 330 g/mol. The Hall–Kier alpha value is -2.90. The van der Waals surface area contributed by atoms with Gasteiger partial charge in [-0.15, -0.1) is 0 Å². The molecule has 1 amide bonds. The van der Waals surface area contributed by atoms with E-state index in [0.717, 1.165) is 10.5 Å². The number of aliphatic carboxylic acids is 2. The average Bonchev–Trinajstić information content (AvgIpc) is 2.90. The molecule has 8 heteroatoms. The molecule has 0 radical (unpaired) electrons. The average molecular weight is 347 g/mol. The molecule has 4 atom stereocenters. The Morgan fingerprint density at radius 1 is 1.00 bits per heavy atom. The third kappa shape index (κ3) is 2.95. The molecule has 8 nitrogen and oxygen atoms in total. The molecule has 0 saturated carbocycles. The van der Waals surface area contributed by atoms with E-state index in [0.29, 0.717) is 0 Å². The molecule has 2 heterocycles. The van der Waals surface area contributed by atoms with Crippen LogP contribution in [0.15, 0.2) is 30.3 Å². The van der Waals surface area contributed by atoms with E-state index in [9.17, 15) is 29.4 Å². The predicted molar refractivity (Wildman–Crippen MR) is 82.5 cm³/mol. The lowest BCUT2D eigenvalue weighted by Crippen LogP contribution is -2.60. The van der Waals surface area contributed by atoms with Crippen molar-refractivity contribution in [1.82, 2.24) is 4.90 Å². The summed E-state index contributed by atoms with van der Waals surface area (Å²) in [5, 5.41) is 18.7. The Labute approximate surface area is 143 Å². The van der Waals surface area contributed by atoms with Crippen molar-refractivity contribution < 1.29 is 34.1 Å². The first-order valence-corrected chi connectivity index (χ1v) is 7.90. The van der Waals surface area contributed by atoms with E-state index in [2.05, 4.69) is 0 Å². The zero-order valence-electron chi connectivity index (χ0n) is 13.2. The van der Waals surface area contributed by atoms with Crippen LogP contribution in [0.5, 0.6) is 0 Å². The number of carbonyl (C=O) groups is 4. The predicted octanol–water partition coefficient (Wildman–Crippen LogP) is 1.14. The molecule has 2 fully saturated rings. The molecule has 2 saturated heterocycles. The third-order valence-electron chi connectivity index (χ3n) is 4.80. The molecule has 2 bridgehead atoms. The molecule has 3 rings (SSSR count). The molecule has 132 valence electrons. The van der Waals surface area contributed by atoms with Crippen molar-refractivity contribution in [3.8, 4) is 0 Å². The molecular formula is C17H17NO7. The van der Waals surface area contributed by atoms with Gasteiger partial charge in [-0.05, 0) is 18.4 Å². The number of carbonyl (C=O) groups excluding carboxylic acids is 2. The maximum atomic E-state index is 12.5. The summed E-state index contributed by atoms with van der Waals surface area (Å²) in [5.41, 5.74) is 0.751. The largest absolute Gasteiger partial charge is 0.481 e. The Kier molecular flexibility index (Phi) is 4.43. The number of fused-ring (bicyclic) bond motifs is 2. The minimum Gasteiger partial charge on any atom is -0.481 e. The van der Waals surface area contributed by atoms with Gasteiger partial charge in [-0.3, -0.25) is 19.3 Å². The summed E-state index contributed by atoms with van der Waals surface area (Å²) in [4.78, 5) is 48.9. The second-order valence-electron chi connectivity index (χ2n) is 6.19. The highest BCUT2D eigenvalue weighted by Gasteiger charge is 2.59. The molecule has 1 aromatic carbocycles. The summed E-state index contributed by atoms with van der Waals surface area (Å²) < 4.78 is 5.23. The fraction of sp³-hybridized carbons (Fsp3) is 0.412. The third-order valence-corrected chi connectivity index (χ3v) is 4.80. The van der Waals surface area contributed by atoms with Crippen LogP contribution in [0.25, 0.3) is 0 Å². The van der Waals surface area contributed by atoms with Gasteiger partial charge in [0.15, 0.2) is 5.78 Å². The fourth-order valence-corrected chi connectivity index (χ4v) is 3.73. The monoisotopic (exact) mass is 347 g/mol. The summed E-state index contributed by atoms with van der Waals surface area (Å²) in [7, 11) is 0. The molecule has 0 aromatic heterocycles. The zero-order valence-corrected chi connectivity index (χ0v) is 13.2. The molecule has 25 heavy (non-hydrogen) atoms. The van der Waals surface area contributed by atoms with E-state index in [1.165, 1.54) is 0 Å². The fourth-order valence-electron chi connectivity index (χ4n) is 3.73. The smallest absolute Gasteiger partial charge is 0.410 e. The highest BCUT2D eigenvalue weighted by Crippen LogP contribution is 2.41. The summed E-state index contributed by atoms with van der Waals surface area (Å²) >= 11 is 0. The van der Waals surface area contributed by atoms with Crippen molar-refractivity contribution in [2.24, 2.45) is 11.8 Å². The van der Waals surface area contributed by atoms with E-state index >= 15 is 0 Å². The van der Waals surface area contributed by atoms with Crippen LogP contribution in [0.1, 0.15) is 18.4 Å². The number of Topliss-reactive ketones (excluding diaryl/α,β-unsaturated/α-hetero) is 1. The van der Waals surface area contributed by atoms with Crippen molar-refractivity contribution in [3.63, 3.8) is 0 Å². The first-order valence-electron chi connectivity index (χ1n) is 7.90. The maximum Gasteiger partial charge on any atom is 0.410 e. The lowest BCUT2D eigenvalue weighted by Gasteiger charge is -2.39. The lowest BCUT2D eigenvalue weighted by atomic mass is 9.81. The minimum atomic E-state index is -1.54. The Morgan fingerprint density at radius 2 is 1.52 bits per heavy atom. The molecule has 1 aromatic rings. The van der Waals surface area contributed by atoms with Crippen LogP contribution in [-0.2, 0) is 25.7 Å². The molecule has 2 aliphatic rings. The molecule has 0 spiro atoms. The van der Waals surface area contributed by atoms with Gasteiger partial charge in [0, 0.05) is 0 Å².